The standard InChI is InChI=1S/C17H17F5O3S/c18-16(19,20)17(21,22)25-12-6-4-10(5-7-12)15(23)11-8-13-2-1-3-14(9-11)26(13)24/h4-7,11,13-14H,1-3,8-9H2. The fourth-order valence-electron chi connectivity index (χ4n) is 3.58. The highest BCUT2D eigenvalue weighted by Crippen LogP contribution is 2.39. The number of benzene rings is 1. The monoisotopic (exact) mass is 396 g/mol. The first-order chi connectivity index (χ1) is 12.1. The molecule has 2 bridgehead atoms. The summed E-state index contributed by atoms with van der Waals surface area (Å²) in [6, 6.07) is 4.22. The largest absolute Gasteiger partial charge is 0.499 e. The van der Waals surface area contributed by atoms with Gasteiger partial charge in [0.15, 0.2) is 5.78 Å². The molecule has 3 rings (SSSR count). The lowest BCUT2D eigenvalue weighted by Crippen LogP contribution is -2.42. The average molecular weight is 396 g/mol. The highest BCUT2D eigenvalue weighted by Gasteiger charge is 2.61. The third-order valence-electron chi connectivity index (χ3n) is 4.89. The van der Waals surface area contributed by atoms with Crippen molar-refractivity contribution < 1.29 is 35.7 Å². The second-order valence-corrected chi connectivity index (χ2v) is 8.67. The molecular formula is C17H17F5O3S. The third kappa shape index (κ3) is 3.77. The molecule has 1 aromatic rings. The number of carbonyl (C=O) groups is 1. The molecule has 0 aromatic heterocycles. The van der Waals surface area contributed by atoms with Crippen LogP contribution in [0.5, 0.6) is 5.75 Å². The molecule has 2 fully saturated rings. The zero-order valence-corrected chi connectivity index (χ0v) is 14.4. The Bertz CT molecular complexity index is 685. The molecule has 2 heterocycles. The van der Waals surface area contributed by atoms with Crippen LogP contribution in [0.15, 0.2) is 24.3 Å². The normalized spacial score (nSPS) is 29.3. The van der Waals surface area contributed by atoms with Gasteiger partial charge in [0.25, 0.3) is 0 Å². The molecule has 2 aliphatic heterocycles. The third-order valence-corrected chi connectivity index (χ3v) is 7.06. The lowest BCUT2D eigenvalue weighted by atomic mass is 9.84. The number of ether oxygens (including phenoxy) is 1. The summed E-state index contributed by atoms with van der Waals surface area (Å²) in [7, 11) is -0.915. The molecule has 0 amide bonds. The maximum Gasteiger partial charge on any atom is 0.499 e. The Morgan fingerprint density at radius 2 is 1.54 bits per heavy atom. The summed E-state index contributed by atoms with van der Waals surface area (Å²) < 4.78 is 78.2. The van der Waals surface area contributed by atoms with E-state index in [1.54, 1.807) is 0 Å². The van der Waals surface area contributed by atoms with E-state index >= 15 is 0 Å². The van der Waals surface area contributed by atoms with Gasteiger partial charge in [0, 0.05) is 32.8 Å². The Morgan fingerprint density at radius 1 is 1.00 bits per heavy atom. The minimum Gasteiger partial charge on any atom is -0.426 e. The summed E-state index contributed by atoms with van der Waals surface area (Å²) in [5, 5.41) is 0.00840. The smallest absolute Gasteiger partial charge is 0.426 e. The van der Waals surface area contributed by atoms with Gasteiger partial charge in [0.1, 0.15) is 5.75 Å². The molecule has 2 unspecified atom stereocenters. The number of Topliss-reactive ketones (excluding diaryl/α,β-unsaturated/α-hetero) is 1. The number of hydrogen-bond donors (Lipinski definition) is 0. The van der Waals surface area contributed by atoms with E-state index in [4.69, 9.17) is 0 Å². The van der Waals surface area contributed by atoms with E-state index in [2.05, 4.69) is 4.74 Å². The van der Waals surface area contributed by atoms with E-state index in [-0.39, 0.29) is 27.8 Å². The van der Waals surface area contributed by atoms with Gasteiger partial charge in [-0.1, -0.05) is 6.42 Å². The predicted octanol–water partition coefficient (Wildman–Crippen LogP) is 4.48. The second-order valence-electron chi connectivity index (χ2n) is 6.68. The van der Waals surface area contributed by atoms with Gasteiger partial charge in [0.2, 0.25) is 0 Å². The van der Waals surface area contributed by atoms with E-state index in [0.717, 1.165) is 31.4 Å². The summed E-state index contributed by atoms with van der Waals surface area (Å²) in [5.74, 6) is -1.18. The molecule has 0 spiro atoms. The quantitative estimate of drug-likeness (QED) is 0.557. The van der Waals surface area contributed by atoms with Crippen molar-refractivity contribution in [1.29, 1.82) is 0 Å². The molecule has 9 heteroatoms. The first kappa shape index (κ1) is 19.3. The number of ketones is 1. The van der Waals surface area contributed by atoms with Crippen LogP contribution in [0, 0.1) is 5.92 Å². The molecule has 0 aliphatic carbocycles. The van der Waals surface area contributed by atoms with Crippen molar-refractivity contribution in [2.24, 2.45) is 5.92 Å². The van der Waals surface area contributed by atoms with Gasteiger partial charge in [-0.15, -0.1) is 0 Å². The topological polar surface area (TPSA) is 43.4 Å². The highest BCUT2D eigenvalue weighted by atomic mass is 32.2. The van der Waals surface area contributed by atoms with Crippen LogP contribution in [0.25, 0.3) is 0 Å². The Balaban J connectivity index is 1.69. The van der Waals surface area contributed by atoms with Crippen molar-refractivity contribution in [3.63, 3.8) is 0 Å². The maximum absolute atomic E-state index is 12.9. The van der Waals surface area contributed by atoms with Crippen molar-refractivity contribution in [1.82, 2.24) is 0 Å². The number of alkyl halides is 5. The Kier molecular flexibility index (Phi) is 5.11. The lowest BCUT2D eigenvalue weighted by molar-refractivity contribution is -0.360. The van der Waals surface area contributed by atoms with Gasteiger partial charge in [0.05, 0.1) is 0 Å². The van der Waals surface area contributed by atoms with E-state index < -0.39 is 28.8 Å². The van der Waals surface area contributed by atoms with Gasteiger partial charge in [-0.3, -0.25) is 9.00 Å². The number of carbonyl (C=O) groups excluding carboxylic acids is 1. The van der Waals surface area contributed by atoms with Crippen LogP contribution >= 0.6 is 0 Å². The molecule has 0 N–H and O–H groups in total. The predicted molar refractivity (Wildman–Crippen MR) is 84.7 cm³/mol. The second kappa shape index (κ2) is 6.90. The SMILES string of the molecule is O=C(c1ccc(OC(F)(F)C(F)(F)F)cc1)C1CC2CCCC(C1)S2=O. The molecule has 144 valence electrons. The van der Waals surface area contributed by atoms with Crippen molar-refractivity contribution in [3.05, 3.63) is 29.8 Å². The van der Waals surface area contributed by atoms with Gasteiger partial charge in [-0.2, -0.15) is 22.0 Å². The summed E-state index contributed by atoms with van der Waals surface area (Å²) in [6.07, 6.45) is -7.43. The van der Waals surface area contributed by atoms with Crippen LogP contribution in [0.3, 0.4) is 0 Å². The first-order valence-electron chi connectivity index (χ1n) is 8.25. The van der Waals surface area contributed by atoms with Crippen molar-refractivity contribution in [2.45, 2.75) is 54.9 Å². The number of rotatable bonds is 4. The van der Waals surface area contributed by atoms with Crippen LogP contribution in [0.4, 0.5) is 22.0 Å². The minimum absolute atomic E-state index is 0.00420. The zero-order chi connectivity index (χ0) is 19.1. The maximum atomic E-state index is 12.9. The van der Waals surface area contributed by atoms with Gasteiger partial charge < -0.3 is 4.74 Å². The van der Waals surface area contributed by atoms with Gasteiger partial charge in [-0.05, 0) is 49.9 Å². The number of halogens is 5. The molecule has 3 nitrogen and oxygen atoms in total. The van der Waals surface area contributed by atoms with Crippen LogP contribution in [0.2, 0.25) is 0 Å². The fraction of sp³-hybridized carbons (Fsp3) is 0.588. The highest BCUT2D eigenvalue weighted by molar-refractivity contribution is 7.86. The first-order valence-corrected chi connectivity index (χ1v) is 9.53. The Hall–Kier alpha value is -1.51. The lowest BCUT2D eigenvalue weighted by Gasteiger charge is -2.37. The summed E-state index contributed by atoms with van der Waals surface area (Å²) in [6.45, 7) is 0. The molecule has 2 atom stereocenters. The minimum atomic E-state index is -5.82. The van der Waals surface area contributed by atoms with Gasteiger partial charge in [-0.25, -0.2) is 0 Å². The fourth-order valence-corrected chi connectivity index (χ4v) is 5.76. The Labute approximate surface area is 149 Å². The van der Waals surface area contributed by atoms with Crippen LogP contribution in [0.1, 0.15) is 42.5 Å². The summed E-state index contributed by atoms with van der Waals surface area (Å²) >= 11 is 0. The Morgan fingerprint density at radius 3 is 2.04 bits per heavy atom. The van der Waals surface area contributed by atoms with E-state index in [1.165, 1.54) is 12.1 Å². The molecular weight excluding hydrogens is 379 g/mol. The molecule has 2 saturated heterocycles. The van der Waals surface area contributed by atoms with Crippen molar-refractivity contribution in [2.75, 3.05) is 0 Å². The number of hydrogen-bond acceptors (Lipinski definition) is 3. The summed E-state index contributed by atoms with van der Waals surface area (Å²) in [5.41, 5.74) is 0.225. The molecule has 0 saturated carbocycles. The van der Waals surface area contributed by atoms with E-state index in [9.17, 15) is 31.0 Å². The van der Waals surface area contributed by atoms with Crippen molar-refractivity contribution in [3.8, 4) is 5.75 Å². The van der Waals surface area contributed by atoms with Crippen molar-refractivity contribution >= 4 is 16.6 Å². The van der Waals surface area contributed by atoms with Crippen LogP contribution < -0.4 is 4.74 Å². The number of fused-ring (bicyclic) bond motifs is 2. The molecule has 26 heavy (non-hydrogen) atoms. The van der Waals surface area contributed by atoms with Gasteiger partial charge >= 0.3 is 12.3 Å². The van der Waals surface area contributed by atoms with E-state index in [1.807, 2.05) is 0 Å². The van der Waals surface area contributed by atoms with Crippen LogP contribution in [-0.2, 0) is 10.8 Å². The molecule has 1 aromatic carbocycles. The van der Waals surface area contributed by atoms with Crippen LogP contribution in [-0.4, -0.2) is 32.8 Å². The summed E-state index contributed by atoms with van der Waals surface area (Å²) in [4.78, 5) is 12.6. The van der Waals surface area contributed by atoms with E-state index in [0.29, 0.717) is 12.8 Å². The molecule has 0 radical (unpaired) electrons. The average Bonchev–Trinajstić information content (AvgIpc) is 2.53. The zero-order valence-electron chi connectivity index (χ0n) is 13.6. The molecule has 2 aliphatic rings.